The first-order valence-electron chi connectivity index (χ1n) is 10.8. The second kappa shape index (κ2) is 8.49. The Morgan fingerprint density at radius 2 is 1.74 bits per heavy atom. The van der Waals surface area contributed by atoms with Crippen LogP contribution in [0, 0.1) is 6.92 Å². The average Bonchev–Trinajstić information content (AvgIpc) is 3.43. The van der Waals surface area contributed by atoms with Crippen molar-refractivity contribution in [1.29, 1.82) is 0 Å². The number of hydrogen-bond donors (Lipinski definition) is 0. The highest BCUT2D eigenvalue weighted by Gasteiger charge is 2.28. The molecule has 2 aromatic heterocycles. The molecule has 1 unspecified atom stereocenters. The third kappa shape index (κ3) is 4.17. The van der Waals surface area contributed by atoms with E-state index in [1.165, 1.54) is 0 Å². The minimum Gasteiger partial charge on any atom is -0.449 e. The molecule has 0 bridgehead atoms. The van der Waals surface area contributed by atoms with E-state index in [0.29, 0.717) is 22.3 Å². The average molecular weight is 421 g/mol. The summed E-state index contributed by atoms with van der Waals surface area (Å²) in [5.74, 6) is -0.683. The van der Waals surface area contributed by atoms with Crippen molar-refractivity contribution in [3.8, 4) is 11.3 Å². The van der Waals surface area contributed by atoms with E-state index in [0.717, 1.165) is 37.1 Å². The number of aryl methyl sites for hydroxylation is 1. The van der Waals surface area contributed by atoms with Gasteiger partial charge in [0.05, 0.1) is 22.8 Å². The first kappa shape index (κ1) is 21.0. The van der Waals surface area contributed by atoms with Crippen molar-refractivity contribution in [3.63, 3.8) is 0 Å². The molecule has 0 saturated carbocycles. The molecule has 1 aliphatic rings. The zero-order chi connectivity index (χ0) is 22.1. The summed E-state index contributed by atoms with van der Waals surface area (Å²) >= 11 is 0. The molecule has 7 heteroatoms. The molecule has 0 aliphatic carbocycles. The Labute approximate surface area is 182 Å². The smallest absolute Gasteiger partial charge is 0.339 e. The molecule has 3 heterocycles. The Bertz CT molecular complexity index is 1110. The van der Waals surface area contributed by atoms with Gasteiger partial charge in [-0.25, -0.2) is 14.5 Å². The van der Waals surface area contributed by atoms with Gasteiger partial charge in [0, 0.05) is 24.7 Å². The van der Waals surface area contributed by atoms with E-state index >= 15 is 0 Å². The largest absolute Gasteiger partial charge is 0.449 e. The van der Waals surface area contributed by atoms with E-state index in [9.17, 15) is 9.59 Å². The molecular formula is C24H28N4O3. The number of fused-ring (bicyclic) bond motifs is 1. The van der Waals surface area contributed by atoms with Gasteiger partial charge in [0.15, 0.2) is 11.8 Å². The van der Waals surface area contributed by atoms with Crippen LogP contribution in [0.1, 0.15) is 55.6 Å². The van der Waals surface area contributed by atoms with Crippen LogP contribution >= 0.6 is 0 Å². The number of esters is 1. The van der Waals surface area contributed by atoms with Gasteiger partial charge in [-0.3, -0.25) is 4.79 Å². The maximum atomic E-state index is 13.1. The first-order chi connectivity index (χ1) is 14.8. The minimum absolute atomic E-state index is 0.0813. The van der Waals surface area contributed by atoms with Gasteiger partial charge in [-0.05, 0) is 46.6 Å². The van der Waals surface area contributed by atoms with E-state index in [-0.39, 0.29) is 11.9 Å². The van der Waals surface area contributed by atoms with Crippen LogP contribution < -0.4 is 0 Å². The quantitative estimate of drug-likeness (QED) is 0.580. The van der Waals surface area contributed by atoms with E-state index in [4.69, 9.17) is 9.72 Å². The Balaban J connectivity index is 1.72. The fraction of sp³-hybridized carbons (Fsp3) is 0.417. The second-order valence-corrected chi connectivity index (χ2v) is 8.42. The summed E-state index contributed by atoms with van der Waals surface area (Å²) in [6.45, 7) is 9.13. The molecule has 0 spiro atoms. The molecule has 3 aromatic rings. The normalized spacial score (nSPS) is 14.9. The standard InChI is InChI=1S/C24H28N4O3/c1-15(2)28-22-20(14-25-28)19(13-21(26-22)18-9-7-16(3)8-10-18)24(30)31-17(4)23(29)27-11-5-6-12-27/h7-10,13-15,17H,5-6,11-12H2,1-4H3. The van der Waals surface area contributed by atoms with Crippen LogP contribution in [0.3, 0.4) is 0 Å². The molecule has 162 valence electrons. The van der Waals surface area contributed by atoms with Crippen molar-refractivity contribution in [2.24, 2.45) is 0 Å². The van der Waals surface area contributed by atoms with Crippen LogP contribution in [0.15, 0.2) is 36.5 Å². The number of ether oxygens (including phenoxy) is 1. The summed E-state index contributed by atoms with van der Waals surface area (Å²) in [6.07, 6.45) is 2.79. The predicted molar refractivity (Wildman–Crippen MR) is 119 cm³/mol. The molecule has 1 amide bonds. The van der Waals surface area contributed by atoms with Crippen LogP contribution in [0.2, 0.25) is 0 Å². The monoisotopic (exact) mass is 420 g/mol. The molecule has 1 aromatic carbocycles. The fourth-order valence-electron chi connectivity index (χ4n) is 3.91. The highest BCUT2D eigenvalue weighted by molar-refractivity contribution is 6.04. The number of pyridine rings is 1. The Morgan fingerprint density at radius 1 is 1.06 bits per heavy atom. The molecule has 1 aliphatic heterocycles. The number of carbonyl (C=O) groups is 2. The lowest BCUT2D eigenvalue weighted by Crippen LogP contribution is -2.38. The molecule has 4 rings (SSSR count). The molecule has 7 nitrogen and oxygen atoms in total. The molecule has 0 radical (unpaired) electrons. The highest BCUT2D eigenvalue weighted by Crippen LogP contribution is 2.27. The summed E-state index contributed by atoms with van der Waals surface area (Å²) in [5, 5.41) is 5.06. The van der Waals surface area contributed by atoms with E-state index < -0.39 is 12.1 Å². The number of benzene rings is 1. The SMILES string of the molecule is Cc1ccc(-c2cc(C(=O)OC(C)C(=O)N3CCCC3)c3cnn(C(C)C)c3n2)cc1. The molecule has 0 N–H and O–H groups in total. The molecule has 1 fully saturated rings. The number of likely N-dealkylation sites (tertiary alicyclic amines) is 1. The van der Waals surface area contributed by atoms with E-state index in [1.54, 1.807) is 28.8 Å². The van der Waals surface area contributed by atoms with Crippen molar-refractivity contribution in [3.05, 3.63) is 47.7 Å². The topological polar surface area (TPSA) is 77.3 Å². The van der Waals surface area contributed by atoms with E-state index in [1.807, 2.05) is 45.0 Å². The summed E-state index contributed by atoms with van der Waals surface area (Å²) in [5.41, 5.74) is 3.71. The van der Waals surface area contributed by atoms with Crippen LogP contribution in [-0.4, -0.2) is 50.7 Å². The third-order valence-electron chi connectivity index (χ3n) is 5.67. The Morgan fingerprint density at radius 3 is 2.39 bits per heavy atom. The van der Waals surface area contributed by atoms with E-state index in [2.05, 4.69) is 5.10 Å². The highest BCUT2D eigenvalue weighted by atomic mass is 16.5. The number of hydrogen-bond acceptors (Lipinski definition) is 5. The summed E-state index contributed by atoms with van der Waals surface area (Å²) in [6, 6.07) is 9.79. The van der Waals surface area contributed by atoms with Gasteiger partial charge in [-0.2, -0.15) is 5.10 Å². The van der Waals surface area contributed by atoms with Crippen LogP contribution in [-0.2, 0) is 9.53 Å². The Kier molecular flexibility index (Phi) is 5.76. The number of carbonyl (C=O) groups excluding carboxylic acids is 2. The van der Waals surface area contributed by atoms with Crippen LogP contribution in [0.5, 0.6) is 0 Å². The van der Waals surface area contributed by atoms with Gasteiger partial charge in [-0.15, -0.1) is 0 Å². The molecule has 31 heavy (non-hydrogen) atoms. The first-order valence-corrected chi connectivity index (χ1v) is 10.8. The molecule has 1 atom stereocenters. The number of nitrogens with zero attached hydrogens (tertiary/aromatic N) is 4. The molecule has 1 saturated heterocycles. The zero-order valence-corrected chi connectivity index (χ0v) is 18.5. The van der Waals surface area contributed by atoms with Crippen LogP contribution in [0.4, 0.5) is 0 Å². The maximum Gasteiger partial charge on any atom is 0.339 e. The van der Waals surface area contributed by atoms with Crippen molar-refractivity contribution >= 4 is 22.9 Å². The van der Waals surface area contributed by atoms with Crippen molar-refractivity contribution in [2.75, 3.05) is 13.1 Å². The fourth-order valence-corrected chi connectivity index (χ4v) is 3.91. The van der Waals surface area contributed by atoms with Crippen LogP contribution in [0.25, 0.3) is 22.3 Å². The summed E-state index contributed by atoms with van der Waals surface area (Å²) < 4.78 is 7.40. The number of aromatic nitrogens is 3. The van der Waals surface area contributed by atoms with Gasteiger partial charge >= 0.3 is 5.97 Å². The van der Waals surface area contributed by atoms with Gasteiger partial charge in [0.1, 0.15) is 0 Å². The van der Waals surface area contributed by atoms with Gasteiger partial charge in [0.2, 0.25) is 0 Å². The summed E-state index contributed by atoms with van der Waals surface area (Å²) in [4.78, 5) is 32.3. The maximum absolute atomic E-state index is 13.1. The van der Waals surface area contributed by atoms with Gasteiger partial charge in [-0.1, -0.05) is 29.8 Å². The van der Waals surface area contributed by atoms with Crippen molar-refractivity contribution in [1.82, 2.24) is 19.7 Å². The van der Waals surface area contributed by atoms with Crippen molar-refractivity contribution in [2.45, 2.75) is 52.7 Å². The van der Waals surface area contributed by atoms with Crippen molar-refractivity contribution < 1.29 is 14.3 Å². The van der Waals surface area contributed by atoms with Gasteiger partial charge in [0.25, 0.3) is 5.91 Å². The van der Waals surface area contributed by atoms with Gasteiger partial charge < -0.3 is 9.64 Å². The Hall–Kier alpha value is -3.22. The lowest BCUT2D eigenvalue weighted by Gasteiger charge is -2.20. The minimum atomic E-state index is -0.836. The third-order valence-corrected chi connectivity index (χ3v) is 5.67. The lowest BCUT2D eigenvalue weighted by atomic mass is 10.1. The second-order valence-electron chi connectivity index (χ2n) is 8.42. The number of amides is 1. The number of rotatable bonds is 5. The lowest BCUT2D eigenvalue weighted by molar-refractivity contribution is -0.138. The predicted octanol–water partition coefficient (Wildman–Crippen LogP) is 4.16. The zero-order valence-electron chi connectivity index (χ0n) is 18.5. The molecular weight excluding hydrogens is 392 g/mol. The summed E-state index contributed by atoms with van der Waals surface area (Å²) in [7, 11) is 0.